The molecule has 15 heavy (non-hydrogen) atoms. The SMILES string of the molecule is OC1(CNCc2ccccn2)CCSC1. The minimum atomic E-state index is -0.501. The van der Waals surface area contributed by atoms with Crippen molar-refractivity contribution < 1.29 is 5.11 Å². The van der Waals surface area contributed by atoms with Gasteiger partial charge in [-0.25, -0.2) is 0 Å². The van der Waals surface area contributed by atoms with Crippen molar-refractivity contribution in [2.45, 2.75) is 18.6 Å². The number of hydrogen-bond acceptors (Lipinski definition) is 4. The number of thioether (sulfide) groups is 1. The standard InChI is InChI=1S/C11H16N2OS/c14-11(4-6-15-9-11)8-12-7-10-3-1-2-5-13-10/h1-3,5,12,14H,4,6-9H2. The van der Waals surface area contributed by atoms with Crippen LogP contribution in [0.25, 0.3) is 0 Å². The Kier molecular flexibility index (Phi) is 3.61. The molecule has 1 aromatic heterocycles. The summed E-state index contributed by atoms with van der Waals surface area (Å²) >= 11 is 1.82. The van der Waals surface area contributed by atoms with Gasteiger partial charge in [0.25, 0.3) is 0 Å². The zero-order valence-electron chi connectivity index (χ0n) is 8.65. The Morgan fingerprint density at radius 3 is 3.13 bits per heavy atom. The average molecular weight is 224 g/mol. The van der Waals surface area contributed by atoms with E-state index in [9.17, 15) is 5.11 Å². The molecule has 1 unspecified atom stereocenters. The molecule has 1 atom stereocenters. The molecule has 1 saturated heterocycles. The van der Waals surface area contributed by atoms with E-state index >= 15 is 0 Å². The van der Waals surface area contributed by atoms with Crippen LogP contribution in [0, 0.1) is 0 Å². The molecule has 1 aromatic rings. The number of pyridine rings is 1. The first-order valence-electron chi connectivity index (χ1n) is 5.19. The molecule has 3 nitrogen and oxygen atoms in total. The van der Waals surface area contributed by atoms with Gasteiger partial charge in [-0.2, -0.15) is 11.8 Å². The van der Waals surface area contributed by atoms with Crippen LogP contribution in [0.4, 0.5) is 0 Å². The monoisotopic (exact) mass is 224 g/mol. The lowest BCUT2D eigenvalue weighted by Gasteiger charge is -2.21. The second-order valence-corrected chi connectivity index (χ2v) is 5.06. The number of nitrogens with one attached hydrogen (secondary N) is 1. The summed E-state index contributed by atoms with van der Waals surface area (Å²) in [5.74, 6) is 1.92. The highest BCUT2D eigenvalue weighted by Crippen LogP contribution is 2.26. The third-order valence-electron chi connectivity index (χ3n) is 2.57. The van der Waals surface area contributed by atoms with Gasteiger partial charge in [-0.05, 0) is 24.3 Å². The first-order chi connectivity index (χ1) is 7.29. The van der Waals surface area contributed by atoms with E-state index in [-0.39, 0.29) is 0 Å². The summed E-state index contributed by atoms with van der Waals surface area (Å²) in [7, 11) is 0. The number of aliphatic hydroxyl groups is 1. The minimum absolute atomic E-state index is 0.501. The van der Waals surface area contributed by atoms with Gasteiger partial charge in [-0.1, -0.05) is 6.07 Å². The van der Waals surface area contributed by atoms with Crippen molar-refractivity contribution in [2.75, 3.05) is 18.1 Å². The van der Waals surface area contributed by atoms with Crippen LogP contribution in [-0.2, 0) is 6.54 Å². The van der Waals surface area contributed by atoms with Crippen molar-refractivity contribution in [1.29, 1.82) is 0 Å². The largest absolute Gasteiger partial charge is 0.388 e. The van der Waals surface area contributed by atoms with Gasteiger partial charge in [-0.3, -0.25) is 4.98 Å². The van der Waals surface area contributed by atoms with Gasteiger partial charge in [0, 0.05) is 25.0 Å². The molecule has 2 heterocycles. The molecule has 0 aliphatic carbocycles. The normalized spacial score (nSPS) is 25.7. The maximum atomic E-state index is 10.1. The van der Waals surface area contributed by atoms with E-state index in [1.165, 1.54) is 0 Å². The molecule has 0 bridgehead atoms. The quantitative estimate of drug-likeness (QED) is 0.802. The Bertz CT molecular complexity index is 299. The predicted molar refractivity (Wildman–Crippen MR) is 62.8 cm³/mol. The fourth-order valence-corrected chi connectivity index (χ4v) is 2.96. The van der Waals surface area contributed by atoms with Crippen molar-refractivity contribution in [1.82, 2.24) is 10.3 Å². The second kappa shape index (κ2) is 4.96. The molecule has 0 spiro atoms. The van der Waals surface area contributed by atoms with Gasteiger partial charge in [-0.15, -0.1) is 0 Å². The van der Waals surface area contributed by atoms with Crippen LogP contribution >= 0.6 is 11.8 Å². The van der Waals surface area contributed by atoms with Crippen LogP contribution in [0.5, 0.6) is 0 Å². The number of aromatic nitrogens is 1. The van der Waals surface area contributed by atoms with E-state index in [4.69, 9.17) is 0 Å². The third-order valence-corrected chi connectivity index (χ3v) is 3.80. The lowest BCUT2D eigenvalue weighted by molar-refractivity contribution is 0.0674. The van der Waals surface area contributed by atoms with Crippen LogP contribution < -0.4 is 5.32 Å². The fraction of sp³-hybridized carbons (Fsp3) is 0.545. The van der Waals surface area contributed by atoms with Gasteiger partial charge in [0.15, 0.2) is 0 Å². The van der Waals surface area contributed by atoms with Crippen LogP contribution in [0.3, 0.4) is 0 Å². The summed E-state index contributed by atoms with van der Waals surface area (Å²) in [5.41, 5.74) is 0.520. The molecule has 1 aliphatic heterocycles. The van der Waals surface area contributed by atoms with E-state index < -0.39 is 5.60 Å². The Balaban J connectivity index is 1.75. The molecule has 4 heteroatoms. The van der Waals surface area contributed by atoms with Crippen molar-refractivity contribution in [3.05, 3.63) is 30.1 Å². The molecule has 0 saturated carbocycles. The predicted octanol–water partition coefficient (Wildman–Crippen LogP) is 1.04. The zero-order chi connectivity index (χ0) is 10.6. The Labute approximate surface area is 94.3 Å². The number of rotatable bonds is 4. The lowest BCUT2D eigenvalue weighted by Crippen LogP contribution is -2.40. The van der Waals surface area contributed by atoms with E-state index in [0.29, 0.717) is 6.54 Å². The summed E-state index contributed by atoms with van der Waals surface area (Å²) in [6.45, 7) is 1.39. The van der Waals surface area contributed by atoms with Crippen molar-refractivity contribution in [3.8, 4) is 0 Å². The van der Waals surface area contributed by atoms with E-state index in [1.807, 2.05) is 30.0 Å². The fourth-order valence-electron chi connectivity index (χ4n) is 1.66. The van der Waals surface area contributed by atoms with Gasteiger partial charge in [0.1, 0.15) is 0 Å². The number of hydrogen-bond donors (Lipinski definition) is 2. The highest BCUT2D eigenvalue weighted by molar-refractivity contribution is 7.99. The Hall–Kier alpha value is -0.580. The molecule has 2 rings (SSSR count). The molecule has 0 aromatic carbocycles. The molecule has 0 radical (unpaired) electrons. The van der Waals surface area contributed by atoms with Gasteiger partial charge < -0.3 is 10.4 Å². The van der Waals surface area contributed by atoms with Crippen LogP contribution in [0.1, 0.15) is 12.1 Å². The second-order valence-electron chi connectivity index (χ2n) is 3.95. The minimum Gasteiger partial charge on any atom is -0.388 e. The molecule has 0 amide bonds. The van der Waals surface area contributed by atoms with Crippen molar-refractivity contribution >= 4 is 11.8 Å². The molecule has 1 aliphatic rings. The first kappa shape index (κ1) is 10.9. The topological polar surface area (TPSA) is 45.1 Å². The highest BCUT2D eigenvalue weighted by Gasteiger charge is 2.30. The molecular formula is C11H16N2OS. The third kappa shape index (κ3) is 3.19. The van der Waals surface area contributed by atoms with E-state index in [1.54, 1.807) is 6.20 Å². The number of nitrogens with zero attached hydrogens (tertiary/aromatic N) is 1. The summed E-state index contributed by atoms with van der Waals surface area (Å²) < 4.78 is 0. The summed E-state index contributed by atoms with van der Waals surface area (Å²) in [6, 6.07) is 5.87. The van der Waals surface area contributed by atoms with E-state index in [0.717, 1.165) is 30.2 Å². The maximum Gasteiger partial charge on any atom is 0.0869 e. The maximum absolute atomic E-state index is 10.1. The van der Waals surface area contributed by atoms with Gasteiger partial charge >= 0.3 is 0 Å². The molecule has 82 valence electrons. The summed E-state index contributed by atoms with van der Waals surface area (Å²) in [5, 5.41) is 13.3. The highest BCUT2D eigenvalue weighted by atomic mass is 32.2. The Morgan fingerprint density at radius 2 is 2.47 bits per heavy atom. The van der Waals surface area contributed by atoms with Crippen molar-refractivity contribution in [3.63, 3.8) is 0 Å². The molecule has 1 fully saturated rings. The van der Waals surface area contributed by atoms with Crippen LogP contribution in [0.2, 0.25) is 0 Å². The van der Waals surface area contributed by atoms with E-state index in [2.05, 4.69) is 10.3 Å². The zero-order valence-corrected chi connectivity index (χ0v) is 9.46. The lowest BCUT2D eigenvalue weighted by atomic mass is 10.0. The van der Waals surface area contributed by atoms with Crippen molar-refractivity contribution in [2.24, 2.45) is 0 Å². The Morgan fingerprint density at radius 1 is 1.53 bits per heavy atom. The van der Waals surface area contributed by atoms with Gasteiger partial charge in [0.2, 0.25) is 0 Å². The first-order valence-corrected chi connectivity index (χ1v) is 6.35. The average Bonchev–Trinajstić information content (AvgIpc) is 2.67. The molecule has 2 N–H and O–H groups in total. The summed E-state index contributed by atoms with van der Waals surface area (Å²) in [4.78, 5) is 4.22. The van der Waals surface area contributed by atoms with Gasteiger partial charge in [0.05, 0.1) is 11.3 Å². The smallest absolute Gasteiger partial charge is 0.0869 e. The van der Waals surface area contributed by atoms with Crippen LogP contribution in [0.15, 0.2) is 24.4 Å². The summed E-state index contributed by atoms with van der Waals surface area (Å²) in [6.07, 6.45) is 2.68. The van der Waals surface area contributed by atoms with Crippen LogP contribution in [-0.4, -0.2) is 33.7 Å². The molecular weight excluding hydrogens is 208 g/mol.